The van der Waals surface area contributed by atoms with E-state index in [1.165, 1.54) is 11.0 Å². The molecule has 192 valence electrons. The fourth-order valence-corrected chi connectivity index (χ4v) is 4.56. The first-order valence-corrected chi connectivity index (χ1v) is 11.8. The second kappa shape index (κ2) is 9.57. The van der Waals surface area contributed by atoms with Gasteiger partial charge in [0.2, 0.25) is 0 Å². The van der Waals surface area contributed by atoms with Crippen LogP contribution in [0.15, 0.2) is 42.5 Å². The Bertz CT molecular complexity index is 1270. The summed E-state index contributed by atoms with van der Waals surface area (Å²) in [5.74, 6) is 0.997. The summed E-state index contributed by atoms with van der Waals surface area (Å²) in [5, 5.41) is 15.3. The fraction of sp³-hybridized carbons (Fsp3) is 0.423. The van der Waals surface area contributed by atoms with Crippen LogP contribution in [-0.4, -0.2) is 58.1 Å². The quantitative estimate of drug-likeness (QED) is 0.520. The Morgan fingerprint density at radius 1 is 1.14 bits per heavy atom. The topological polar surface area (TPSA) is 81.6 Å². The number of urea groups is 1. The van der Waals surface area contributed by atoms with Crippen LogP contribution in [0.1, 0.15) is 48.3 Å². The molecule has 0 radical (unpaired) electrons. The zero-order valence-electron chi connectivity index (χ0n) is 20.7. The zero-order valence-corrected chi connectivity index (χ0v) is 20.7. The number of nitrogens with zero attached hydrogens (tertiary/aromatic N) is 4. The molecule has 1 aliphatic rings. The minimum Gasteiger partial charge on any atom is -0.385 e. The van der Waals surface area contributed by atoms with E-state index in [0.717, 1.165) is 12.1 Å². The summed E-state index contributed by atoms with van der Waals surface area (Å²) in [7, 11) is 3.40. The third-order valence-electron chi connectivity index (χ3n) is 6.66. The zero-order chi connectivity index (χ0) is 26.3. The maximum atomic E-state index is 13.2. The molecule has 0 saturated carbocycles. The monoisotopic (exact) mass is 501 g/mol. The third-order valence-corrected chi connectivity index (χ3v) is 6.66. The van der Waals surface area contributed by atoms with Gasteiger partial charge in [0.15, 0.2) is 0 Å². The summed E-state index contributed by atoms with van der Waals surface area (Å²) in [6.07, 6.45) is -3.66. The van der Waals surface area contributed by atoms with Crippen LogP contribution in [0.4, 0.5) is 23.8 Å². The lowest BCUT2D eigenvalue weighted by Gasteiger charge is -2.39. The number of halogens is 3. The molecule has 0 unspecified atom stereocenters. The predicted octanol–water partition coefficient (Wildman–Crippen LogP) is 5.10. The summed E-state index contributed by atoms with van der Waals surface area (Å²) in [6.45, 7) is 4.37. The number of fused-ring (bicyclic) bond motifs is 1. The number of aromatic nitrogens is 2. The smallest absolute Gasteiger partial charge is 0.385 e. The number of alkyl halides is 3. The van der Waals surface area contributed by atoms with E-state index in [2.05, 4.69) is 15.3 Å². The van der Waals surface area contributed by atoms with E-state index in [-0.39, 0.29) is 6.03 Å². The van der Waals surface area contributed by atoms with E-state index in [1.807, 2.05) is 18.2 Å². The molecule has 10 heteroatoms. The van der Waals surface area contributed by atoms with Crippen LogP contribution in [0.25, 0.3) is 10.9 Å². The van der Waals surface area contributed by atoms with Crippen molar-refractivity contribution in [2.45, 2.75) is 44.5 Å². The van der Waals surface area contributed by atoms with Crippen molar-refractivity contribution < 1.29 is 23.1 Å². The predicted molar refractivity (Wildman–Crippen MR) is 132 cm³/mol. The normalized spacial score (nSPS) is 16.6. The lowest BCUT2D eigenvalue weighted by Crippen LogP contribution is -2.48. The van der Waals surface area contributed by atoms with Gasteiger partial charge in [0.05, 0.1) is 16.7 Å². The van der Waals surface area contributed by atoms with E-state index in [9.17, 15) is 23.1 Å². The van der Waals surface area contributed by atoms with Crippen LogP contribution >= 0.6 is 0 Å². The number of rotatable bonds is 4. The van der Waals surface area contributed by atoms with Gasteiger partial charge in [-0.05, 0) is 62.1 Å². The molecule has 1 atom stereocenters. The molecule has 3 aromatic rings. The molecule has 1 saturated heterocycles. The number of nitrogens with one attached hydrogen (secondary N) is 1. The Morgan fingerprint density at radius 2 is 1.83 bits per heavy atom. The van der Waals surface area contributed by atoms with Gasteiger partial charge in [-0.1, -0.05) is 18.2 Å². The lowest BCUT2D eigenvalue weighted by atomic mass is 9.84. The highest BCUT2D eigenvalue weighted by Gasteiger charge is 2.36. The van der Waals surface area contributed by atoms with Crippen molar-refractivity contribution in [1.82, 2.24) is 19.8 Å². The van der Waals surface area contributed by atoms with Crippen LogP contribution in [0, 0.1) is 6.92 Å². The van der Waals surface area contributed by atoms with Crippen molar-refractivity contribution in [1.29, 1.82) is 0 Å². The van der Waals surface area contributed by atoms with Gasteiger partial charge in [-0.2, -0.15) is 13.2 Å². The summed E-state index contributed by atoms with van der Waals surface area (Å²) in [6, 6.07) is 10.1. The Morgan fingerprint density at radius 3 is 2.47 bits per heavy atom. The molecule has 2 amide bonds. The minimum atomic E-state index is -4.43. The number of aryl methyl sites for hydroxylation is 1. The molecule has 2 N–H and O–H groups in total. The number of carbonyl (C=O) groups is 1. The molecule has 0 aliphatic carbocycles. The summed E-state index contributed by atoms with van der Waals surface area (Å²) >= 11 is 0. The molecule has 1 aliphatic heterocycles. The van der Waals surface area contributed by atoms with Crippen LogP contribution in [0.3, 0.4) is 0 Å². The standard InChI is InChI=1S/C26H30F3N5O2/c1-16(18-6-5-7-20(14-18)26(27,28)29)30-23-21-15-19(8-9-22(21)31-17(2)32-23)25(36)10-12-34(13-11-25)24(35)33(3)4/h5-9,14-16,36H,10-13H2,1-4H3,(H,30,31,32)/t16-/m1/s1. The highest BCUT2D eigenvalue weighted by molar-refractivity contribution is 5.90. The fourth-order valence-electron chi connectivity index (χ4n) is 4.56. The maximum absolute atomic E-state index is 13.2. The molecule has 4 rings (SSSR count). The van der Waals surface area contributed by atoms with E-state index >= 15 is 0 Å². The van der Waals surface area contributed by atoms with Crippen molar-refractivity contribution in [3.63, 3.8) is 0 Å². The van der Waals surface area contributed by atoms with Gasteiger partial charge < -0.3 is 20.2 Å². The van der Waals surface area contributed by atoms with Crippen LogP contribution in [0.5, 0.6) is 0 Å². The van der Waals surface area contributed by atoms with E-state index in [1.54, 1.807) is 38.9 Å². The van der Waals surface area contributed by atoms with Crippen molar-refractivity contribution in [2.75, 3.05) is 32.5 Å². The molecule has 2 heterocycles. The number of hydrogen-bond acceptors (Lipinski definition) is 5. The SMILES string of the molecule is Cc1nc(N[C@H](C)c2cccc(C(F)(F)F)c2)c2cc(C3(O)CCN(C(=O)N(C)C)CC3)ccc2n1. The second-order valence-corrected chi connectivity index (χ2v) is 9.54. The van der Waals surface area contributed by atoms with Gasteiger partial charge in [0.25, 0.3) is 0 Å². The average Bonchev–Trinajstić information content (AvgIpc) is 2.83. The summed E-state index contributed by atoms with van der Waals surface area (Å²) in [4.78, 5) is 24.5. The largest absolute Gasteiger partial charge is 0.416 e. The van der Waals surface area contributed by atoms with E-state index < -0.39 is 23.4 Å². The molecular formula is C26H30F3N5O2. The number of benzene rings is 2. The third kappa shape index (κ3) is 5.23. The number of anilines is 1. The van der Waals surface area contributed by atoms with Crippen molar-refractivity contribution in [3.8, 4) is 0 Å². The van der Waals surface area contributed by atoms with Gasteiger partial charge in [0, 0.05) is 38.6 Å². The Kier molecular flexibility index (Phi) is 6.83. The van der Waals surface area contributed by atoms with Crippen LogP contribution < -0.4 is 5.32 Å². The molecule has 0 bridgehead atoms. The molecule has 0 spiro atoms. The lowest BCUT2D eigenvalue weighted by molar-refractivity contribution is -0.137. The highest BCUT2D eigenvalue weighted by atomic mass is 19.4. The molecule has 1 aromatic heterocycles. The Hall–Kier alpha value is -3.40. The first-order valence-electron chi connectivity index (χ1n) is 11.8. The Labute approximate surface area is 208 Å². The van der Waals surface area contributed by atoms with Crippen molar-refractivity contribution >= 4 is 22.8 Å². The minimum absolute atomic E-state index is 0.0884. The van der Waals surface area contributed by atoms with Crippen LogP contribution in [-0.2, 0) is 11.8 Å². The number of carbonyl (C=O) groups excluding carboxylic acids is 1. The van der Waals surface area contributed by atoms with E-state index in [4.69, 9.17) is 0 Å². The Balaban J connectivity index is 1.63. The second-order valence-electron chi connectivity index (χ2n) is 9.54. The number of hydrogen-bond donors (Lipinski definition) is 2. The van der Waals surface area contributed by atoms with Gasteiger partial charge >= 0.3 is 12.2 Å². The van der Waals surface area contributed by atoms with Gasteiger partial charge in [-0.15, -0.1) is 0 Å². The van der Waals surface area contributed by atoms with Crippen molar-refractivity contribution in [2.24, 2.45) is 0 Å². The van der Waals surface area contributed by atoms with E-state index in [0.29, 0.717) is 59.6 Å². The number of aliphatic hydroxyl groups is 1. The molecular weight excluding hydrogens is 471 g/mol. The molecule has 7 nitrogen and oxygen atoms in total. The number of likely N-dealkylation sites (tertiary alicyclic amines) is 1. The number of piperidine rings is 1. The van der Waals surface area contributed by atoms with Gasteiger partial charge in [-0.3, -0.25) is 0 Å². The van der Waals surface area contributed by atoms with Gasteiger partial charge in [0.1, 0.15) is 11.6 Å². The first kappa shape index (κ1) is 25.7. The molecule has 2 aromatic carbocycles. The van der Waals surface area contributed by atoms with Crippen LogP contribution in [0.2, 0.25) is 0 Å². The highest BCUT2D eigenvalue weighted by Crippen LogP contribution is 2.36. The van der Waals surface area contributed by atoms with Crippen molar-refractivity contribution in [3.05, 3.63) is 65.0 Å². The molecule has 36 heavy (non-hydrogen) atoms. The summed E-state index contributed by atoms with van der Waals surface area (Å²) in [5.41, 5.74) is -0.00236. The summed E-state index contributed by atoms with van der Waals surface area (Å²) < 4.78 is 39.6. The maximum Gasteiger partial charge on any atom is 0.416 e. The molecule has 1 fully saturated rings. The van der Waals surface area contributed by atoms with Gasteiger partial charge in [-0.25, -0.2) is 14.8 Å². The average molecular weight is 502 g/mol. The first-order chi connectivity index (χ1) is 16.9. The number of amides is 2.